The van der Waals surface area contributed by atoms with Crippen molar-refractivity contribution in [2.45, 2.75) is 70.6 Å². The minimum atomic E-state index is 0.226. The number of aromatic nitrogens is 1. The summed E-state index contributed by atoms with van der Waals surface area (Å²) in [6.45, 7) is 11.8. The molecule has 4 heteroatoms. The first-order valence-electron chi connectivity index (χ1n) is 10.9. The molecule has 0 amide bonds. The molecule has 0 spiro atoms. The molecule has 156 valence electrons. The van der Waals surface area contributed by atoms with Crippen molar-refractivity contribution in [2.75, 3.05) is 24.6 Å². The van der Waals surface area contributed by atoms with Crippen LogP contribution in [0.2, 0.25) is 0 Å². The summed E-state index contributed by atoms with van der Waals surface area (Å²) in [5.74, 6) is 0. The molecule has 0 saturated carbocycles. The predicted octanol–water partition coefficient (Wildman–Crippen LogP) is 6.07. The van der Waals surface area contributed by atoms with E-state index in [0.717, 1.165) is 43.2 Å². The largest absolute Gasteiger partial charge is 0.396 e. The van der Waals surface area contributed by atoms with Crippen LogP contribution in [0.5, 0.6) is 0 Å². The van der Waals surface area contributed by atoms with Crippen LogP contribution in [0.15, 0.2) is 35.2 Å². The van der Waals surface area contributed by atoms with Crippen molar-refractivity contribution in [3.63, 3.8) is 0 Å². The first kappa shape index (κ1) is 20.6. The molecule has 1 aromatic heterocycles. The lowest BCUT2D eigenvalue weighted by Gasteiger charge is -2.42. The van der Waals surface area contributed by atoms with Gasteiger partial charge in [0.05, 0.1) is 5.69 Å². The standard InChI is InChI=1S/C25H34N2OS/c1-24(2)11-12-25(3,4)21-16-19(7-8-20(21)24)22-17-29-23(26-22)27-13-9-18(10-14-27)6-5-15-28/h6-8,16-17,28H,5,9-15H2,1-4H3. The normalized spacial score (nSPS) is 20.4. The lowest BCUT2D eigenvalue weighted by atomic mass is 9.63. The van der Waals surface area contributed by atoms with Gasteiger partial charge in [0.25, 0.3) is 0 Å². The minimum absolute atomic E-state index is 0.226. The van der Waals surface area contributed by atoms with E-state index >= 15 is 0 Å². The van der Waals surface area contributed by atoms with Crippen LogP contribution in [-0.4, -0.2) is 29.8 Å². The highest BCUT2D eigenvalue weighted by atomic mass is 32.1. The number of rotatable bonds is 4. The van der Waals surface area contributed by atoms with E-state index in [1.807, 2.05) is 0 Å². The van der Waals surface area contributed by atoms with Gasteiger partial charge in [0.2, 0.25) is 0 Å². The second-order valence-corrected chi connectivity index (χ2v) is 10.7. The molecule has 2 aliphatic rings. The molecular formula is C25H34N2OS. The highest BCUT2D eigenvalue weighted by Crippen LogP contribution is 2.47. The Bertz CT molecular complexity index is 899. The molecule has 1 fully saturated rings. The molecule has 2 heterocycles. The summed E-state index contributed by atoms with van der Waals surface area (Å²) in [5, 5.41) is 12.4. The fourth-order valence-electron chi connectivity index (χ4n) is 4.75. The number of thiazole rings is 1. The van der Waals surface area contributed by atoms with Gasteiger partial charge in [0.1, 0.15) is 0 Å². The second kappa shape index (κ2) is 7.88. The first-order valence-corrected chi connectivity index (χ1v) is 11.8. The average molecular weight is 411 g/mol. The van der Waals surface area contributed by atoms with Crippen LogP contribution in [0.3, 0.4) is 0 Å². The Balaban J connectivity index is 1.55. The smallest absolute Gasteiger partial charge is 0.185 e. The average Bonchev–Trinajstić information content (AvgIpc) is 3.20. The van der Waals surface area contributed by atoms with Gasteiger partial charge in [-0.2, -0.15) is 0 Å². The summed E-state index contributed by atoms with van der Waals surface area (Å²) >= 11 is 1.76. The second-order valence-electron chi connectivity index (χ2n) is 9.91. The van der Waals surface area contributed by atoms with Gasteiger partial charge in [-0.3, -0.25) is 0 Å². The minimum Gasteiger partial charge on any atom is -0.396 e. The molecule has 29 heavy (non-hydrogen) atoms. The van der Waals surface area contributed by atoms with E-state index in [0.29, 0.717) is 0 Å². The molecule has 0 unspecified atom stereocenters. The van der Waals surface area contributed by atoms with Crippen molar-refractivity contribution in [1.82, 2.24) is 4.98 Å². The van der Waals surface area contributed by atoms with Crippen LogP contribution in [0.4, 0.5) is 5.13 Å². The number of anilines is 1. The molecule has 0 atom stereocenters. The van der Waals surface area contributed by atoms with Gasteiger partial charge < -0.3 is 10.0 Å². The third-order valence-corrected chi connectivity index (χ3v) is 7.78. The summed E-state index contributed by atoms with van der Waals surface area (Å²) < 4.78 is 0. The van der Waals surface area contributed by atoms with Crippen molar-refractivity contribution < 1.29 is 5.11 Å². The number of aliphatic hydroxyl groups is 1. The maximum atomic E-state index is 9.01. The Morgan fingerprint density at radius 3 is 2.45 bits per heavy atom. The summed E-state index contributed by atoms with van der Waals surface area (Å²) in [7, 11) is 0. The lowest BCUT2D eigenvalue weighted by molar-refractivity contribution is 0.302. The number of hydrogen-bond acceptors (Lipinski definition) is 4. The van der Waals surface area contributed by atoms with E-state index in [1.165, 1.54) is 35.1 Å². The van der Waals surface area contributed by atoms with E-state index < -0.39 is 0 Å². The van der Waals surface area contributed by atoms with E-state index in [1.54, 1.807) is 11.3 Å². The molecule has 1 aromatic carbocycles. The first-order chi connectivity index (χ1) is 13.8. The molecule has 4 rings (SSSR count). The predicted molar refractivity (Wildman–Crippen MR) is 124 cm³/mol. The van der Waals surface area contributed by atoms with Crippen molar-refractivity contribution in [1.29, 1.82) is 0 Å². The summed E-state index contributed by atoms with van der Waals surface area (Å²) in [6, 6.07) is 7.03. The number of aliphatic hydroxyl groups excluding tert-OH is 1. The number of piperidine rings is 1. The number of benzene rings is 1. The maximum absolute atomic E-state index is 9.01. The van der Waals surface area contributed by atoms with E-state index in [9.17, 15) is 0 Å². The molecule has 1 saturated heterocycles. The number of nitrogens with zero attached hydrogens (tertiary/aromatic N) is 2. The van der Waals surface area contributed by atoms with Crippen molar-refractivity contribution >= 4 is 16.5 Å². The lowest BCUT2D eigenvalue weighted by Crippen LogP contribution is -2.33. The number of fused-ring (bicyclic) bond motifs is 1. The van der Waals surface area contributed by atoms with Crippen LogP contribution in [-0.2, 0) is 10.8 Å². The third kappa shape index (κ3) is 4.15. The zero-order chi connectivity index (χ0) is 20.6. The fraction of sp³-hybridized carbons (Fsp3) is 0.560. The Morgan fingerprint density at radius 1 is 1.07 bits per heavy atom. The molecule has 0 bridgehead atoms. The Hall–Kier alpha value is -1.65. The highest BCUT2D eigenvalue weighted by Gasteiger charge is 2.37. The Morgan fingerprint density at radius 2 is 1.76 bits per heavy atom. The van der Waals surface area contributed by atoms with E-state index in [2.05, 4.69) is 62.3 Å². The molecular weight excluding hydrogens is 376 g/mol. The summed E-state index contributed by atoms with van der Waals surface area (Å²) in [4.78, 5) is 7.42. The van der Waals surface area contributed by atoms with Gasteiger partial charge in [-0.25, -0.2) is 4.98 Å². The van der Waals surface area contributed by atoms with Crippen molar-refractivity contribution in [3.8, 4) is 11.3 Å². The zero-order valence-corrected chi connectivity index (χ0v) is 19.1. The Kier molecular flexibility index (Phi) is 5.60. The van der Waals surface area contributed by atoms with Gasteiger partial charge in [0.15, 0.2) is 5.13 Å². The van der Waals surface area contributed by atoms with Gasteiger partial charge in [-0.05, 0) is 60.1 Å². The van der Waals surface area contributed by atoms with Crippen LogP contribution in [0.25, 0.3) is 11.3 Å². The quantitative estimate of drug-likeness (QED) is 0.622. The molecule has 0 radical (unpaired) electrons. The van der Waals surface area contributed by atoms with Crippen LogP contribution in [0, 0.1) is 0 Å². The molecule has 3 nitrogen and oxygen atoms in total. The number of hydrogen-bond donors (Lipinski definition) is 1. The molecule has 2 aromatic rings. The maximum Gasteiger partial charge on any atom is 0.185 e. The van der Waals surface area contributed by atoms with Gasteiger partial charge in [0, 0.05) is 30.6 Å². The fourth-order valence-corrected chi connectivity index (χ4v) is 5.64. The van der Waals surface area contributed by atoms with Crippen molar-refractivity contribution in [2.24, 2.45) is 0 Å². The topological polar surface area (TPSA) is 36.4 Å². The Labute approximate surface area is 179 Å². The van der Waals surface area contributed by atoms with Gasteiger partial charge >= 0.3 is 0 Å². The SMILES string of the molecule is CC1(C)CCC(C)(C)c2cc(-c3csc(N4CCC(=CCCO)CC4)n3)ccc21. The van der Waals surface area contributed by atoms with Gasteiger partial charge in [-0.15, -0.1) is 11.3 Å². The van der Waals surface area contributed by atoms with Crippen LogP contribution in [0.1, 0.15) is 70.9 Å². The zero-order valence-electron chi connectivity index (χ0n) is 18.3. The molecule has 1 aliphatic heterocycles. The monoisotopic (exact) mass is 410 g/mol. The van der Waals surface area contributed by atoms with Crippen LogP contribution >= 0.6 is 11.3 Å². The van der Waals surface area contributed by atoms with Gasteiger partial charge in [-0.1, -0.05) is 51.5 Å². The highest BCUT2D eigenvalue weighted by molar-refractivity contribution is 7.14. The van der Waals surface area contributed by atoms with E-state index in [4.69, 9.17) is 10.1 Å². The summed E-state index contributed by atoms with van der Waals surface area (Å²) in [5.41, 5.74) is 7.32. The molecule has 1 N–H and O–H groups in total. The van der Waals surface area contributed by atoms with Crippen molar-refractivity contribution in [3.05, 3.63) is 46.4 Å². The van der Waals surface area contributed by atoms with Crippen LogP contribution < -0.4 is 4.90 Å². The van der Waals surface area contributed by atoms with E-state index in [-0.39, 0.29) is 17.4 Å². The summed E-state index contributed by atoms with van der Waals surface area (Å²) in [6.07, 6.45) is 7.63. The molecule has 1 aliphatic carbocycles. The third-order valence-electron chi connectivity index (χ3n) is 6.88.